The van der Waals surface area contributed by atoms with Gasteiger partial charge < -0.3 is 4.74 Å². The van der Waals surface area contributed by atoms with E-state index >= 15 is 0 Å². The van der Waals surface area contributed by atoms with E-state index in [0.29, 0.717) is 0 Å². The second kappa shape index (κ2) is 7.37. The molecule has 0 aliphatic carbocycles. The van der Waals surface area contributed by atoms with Crippen LogP contribution in [0.4, 0.5) is 4.39 Å². The molecule has 0 aliphatic heterocycles. The molecule has 0 aromatic heterocycles. The lowest BCUT2D eigenvalue weighted by Gasteiger charge is -2.05. The molecule has 0 radical (unpaired) electrons. The number of hydrazone groups is 1. The Morgan fingerprint density at radius 3 is 2.67 bits per heavy atom. The number of rotatable bonds is 5. The third-order valence-corrected chi connectivity index (χ3v) is 3.41. The van der Waals surface area contributed by atoms with Crippen LogP contribution < -0.4 is 10.2 Å². The van der Waals surface area contributed by atoms with Gasteiger partial charge in [-0.25, -0.2) is 9.82 Å². The molecule has 0 aliphatic rings. The maximum atomic E-state index is 13.4. The fraction of sp³-hybridized carbons (Fsp3) is 0.0526. The number of para-hydroxylation sites is 1. The first-order chi connectivity index (χ1) is 11.7. The quantitative estimate of drug-likeness (QED) is 0.577. The number of amides is 1. The number of nitrogens with zero attached hydrogens (tertiary/aromatic N) is 1. The van der Waals surface area contributed by atoms with Crippen molar-refractivity contribution in [1.82, 2.24) is 5.43 Å². The molecule has 0 spiro atoms. The van der Waals surface area contributed by atoms with Crippen molar-refractivity contribution >= 4 is 22.9 Å². The van der Waals surface area contributed by atoms with Crippen molar-refractivity contribution in [3.05, 3.63) is 78.1 Å². The lowest BCUT2D eigenvalue weighted by Crippen LogP contribution is -2.24. The summed E-state index contributed by atoms with van der Waals surface area (Å²) in [6.45, 7) is -0.312. The van der Waals surface area contributed by atoms with Gasteiger partial charge in [0, 0.05) is 5.56 Å². The minimum absolute atomic E-state index is 0.0330. The summed E-state index contributed by atoms with van der Waals surface area (Å²) in [5.74, 6) is -0.940. The zero-order chi connectivity index (χ0) is 16.8. The van der Waals surface area contributed by atoms with Crippen molar-refractivity contribution < 1.29 is 13.9 Å². The van der Waals surface area contributed by atoms with Crippen LogP contribution in [0, 0.1) is 5.82 Å². The first-order valence-corrected chi connectivity index (χ1v) is 7.41. The average molecular weight is 322 g/mol. The number of hydrogen-bond donors (Lipinski definition) is 1. The highest BCUT2D eigenvalue weighted by Crippen LogP contribution is 2.17. The van der Waals surface area contributed by atoms with Crippen LogP contribution in [0.25, 0.3) is 10.8 Å². The van der Waals surface area contributed by atoms with Crippen molar-refractivity contribution in [2.24, 2.45) is 5.10 Å². The largest absolute Gasteiger partial charge is 0.481 e. The monoisotopic (exact) mass is 322 g/mol. The van der Waals surface area contributed by atoms with Crippen molar-refractivity contribution in [2.75, 3.05) is 6.61 Å². The van der Waals surface area contributed by atoms with Crippen molar-refractivity contribution in [1.29, 1.82) is 0 Å². The van der Waals surface area contributed by atoms with Gasteiger partial charge in [-0.3, -0.25) is 4.79 Å². The smallest absolute Gasteiger partial charge is 0.277 e. The average Bonchev–Trinajstić information content (AvgIpc) is 2.61. The maximum Gasteiger partial charge on any atom is 0.277 e. The number of nitrogens with one attached hydrogen (secondary N) is 1. The van der Waals surface area contributed by atoms with Gasteiger partial charge in [0.15, 0.2) is 18.2 Å². The second-order valence-corrected chi connectivity index (χ2v) is 5.08. The van der Waals surface area contributed by atoms with E-state index in [1.807, 2.05) is 42.5 Å². The Bertz CT molecular complexity index is 888. The Hall–Kier alpha value is -3.21. The van der Waals surface area contributed by atoms with Crippen molar-refractivity contribution in [3.63, 3.8) is 0 Å². The lowest BCUT2D eigenvalue weighted by atomic mass is 10.1. The fourth-order valence-electron chi connectivity index (χ4n) is 2.27. The number of halogens is 1. The van der Waals surface area contributed by atoms with E-state index in [0.717, 1.165) is 16.3 Å². The molecule has 0 atom stereocenters. The Morgan fingerprint density at radius 2 is 1.79 bits per heavy atom. The highest BCUT2D eigenvalue weighted by molar-refractivity contribution is 5.99. The van der Waals surface area contributed by atoms with Gasteiger partial charge in [-0.05, 0) is 22.9 Å². The van der Waals surface area contributed by atoms with Crippen LogP contribution in [0.5, 0.6) is 5.75 Å². The van der Waals surface area contributed by atoms with Crippen LogP contribution in [0.3, 0.4) is 0 Å². The van der Waals surface area contributed by atoms with Gasteiger partial charge in [-0.1, -0.05) is 54.6 Å². The summed E-state index contributed by atoms with van der Waals surface area (Å²) in [4.78, 5) is 11.7. The Morgan fingerprint density at radius 1 is 1.04 bits per heavy atom. The standard InChI is InChI=1S/C19H15FN2O2/c20-17-10-3-4-11-18(17)24-13-19(23)22-21-12-15-8-5-7-14-6-1-2-9-16(14)15/h1-12H,13H2,(H,22,23)/b21-12-. The SMILES string of the molecule is O=C(COc1ccccc1F)N/N=C\c1cccc2ccccc12. The summed E-state index contributed by atoms with van der Waals surface area (Å²) in [5, 5.41) is 6.06. The number of carbonyl (C=O) groups is 1. The van der Waals surface area contributed by atoms with Gasteiger partial charge in [-0.15, -0.1) is 0 Å². The first-order valence-electron chi connectivity index (χ1n) is 7.41. The minimum Gasteiger partial charge on any atom is -0.481 e. The first kappa shape index (κ1) is 15.7. The molecule has 0 heterocycles. The molecule has 0 fully saturated rings. The molecule has 1 amide bonds. The van der Waals surface area contributed by atoms with E-state index in [1.54, 1.807) is 18.3 Å². The zero-order valence-corrected chi connectivity index (χ0v) is 12.8. The number of benzene rings is 3. The molecular formula is C19H15FN2O2. The van der Waals surface area contributed by atoms with Crippen molar-refractivity contribution in [3.8, 4) is 5.75 Å². The molecule has 3 rings (SSSR count). The summed E-state index contributed by atoms with van der Waals surface area (Å²) >= 11 is 0. The molecule has 0 bridgehead atoms. The van der Waals surface area contributed by atoms with Crippen LogP contribution in [-0.2, 0) is 4.79 Å². The molecule has 1 N–H and O–H groups in total. The van der Waals surface area contributed by atoms with E-state index in [-0.39, 0.29) is 12.4 Å². The Balaban J connectivity index is 1.59. The van der Waals surface area contributed by atoms with E-state index in [1.165, 1.54) is 12.1 Å². The van der Waals surface area contributed by atoms with Crippen LogP contribution in [0.15, 0.2) is 71.8 Å². The predicted molar refractivity (Wildman–Crippen MR) is 91.6 cm³/mol. The Labute approximate surface area is 138 Å². The van der Waals surface area contributed by atoms with Crippen LogP contribution in [0.2, 0.25) is 0 Å². The van der Waals surface area contributed by atoms with E-state index < -0.39 is 11.7 Å². The summed E-state index contributed by atoms with van der Waals surface area (Å²) < 4.78 is 18.5. The van der Waals surface area contributed by atoms with E-state index in [9.17, 15) is 9.18 Å². The molecule has 120 valence electrons. The van der Waals surface area contributed by atoms with Gasteiger partial charge in [0.2, 0.25) is 0 Å². The minimum atomic E-state index is -0.510. The third kappa shape index (κ3) is 3.76. The number of hydrogen-bond acceptors (Lipinski definition) is 3. The molecule has 4 nitrogen and oxygen atoms in total. The number of carbonyl (C=O) groups excluding carboxylic acids is 1. The normalized spacial score (nSPS) is 10.9. The van der Waals surface area contributed by atoms with E-state index in [4.69, 9.17) is 4.74 Å². The number of fused-ring (bicyclic) bond motifs is 1. The van der Waals surface area contributed by atoms with E-state index in [2.05, 4.69) is 10.5 Å². The van der Waals surface area contributed by atoms with Gasteiger partial charge in [0.1, 0.15) is 0 Å². The molecule has 0 saturated carbocycles. The van der Waals surface area contributed by atoms with Crippen LogP contribution >= 0.6 is 0 Å². The molecule has 3 aromatic rings. The second-order valence-electron chi connectivity index (χ2n) is 5.08. The summed E-state index contributed by atoms with van der Waals surface area (Å²) in [6.07, 6.45) is 1.57. The molecule has 3 aromatic carbocycles. The topological polar surface area (TPSA) is 50.7 Å². The Kier molecular flexibility index (Phi) is 4.81. The maximum absolute atomic E-state index is 13.4. The molecule has 0 saturated heterocycles. The van der Waals surface area contributed by atoms with Gasteiger partial charge in [0.05, 0.1) is 6.21 Å². The van der Waals surface area contributed by atoms with Crippen molar-refractivity contribution in [2.45, 2.75) is 0 Å². The van der Waals surface area contributed by atoms with Crippen LogP contribution in [0.1, 0.15) is 5.56 Å². The fourth-order valence-corrected chi connectivity index (χ4v) is 2.27. The molecular weight excluding hydrogens is 307 g/mol. The highest BCUT2D eigenvalue weighted by Gasteiger charge is 2.05. The molecule has 5 heteroatoms. The van der Waals surface area contributed by atoms with Gasteiger partial charge in [-0.2, -0.15) is 5.10 Å². The highest BCUT2D eigenvalue weighted by atomic mass is 19.1. The predicted octanol–water partition coefficient (Wildman–Crippen LogP) is 3.51. The van der Waals surface area contributed by atoms with Gasteiger partial charge >= 0.3 is 0 Å². The molecule has 0 unspecified atom stereocenters. The molecule has 24 heavy (non-hydrogen) atoms. The zero-order valence-electron chi connectivity index (χ0n) is 12.8. The number of ether oxygens (including phenoxy) is 1. The van der Waals surface area contributed by atoms with Gasteiger partial charge in [0.25, 0.3) is 5.91 Å². The summed E-state index contributed by atoms with van der Waals surface area (Å²) in [6, 6.07) is 19.7. The summed E-state index contributed by atoms with van der Waals surface area (Å²) in [7, 11) is 0. The third-order valence-electron chi connectivity index (χ3n) is 3.41. The van der Waals surface area contributed by atoms with Crippen LogP contribution in [-0.4, -0.2) is 18.7 Å². The summed E-state index contributed by atoms with van der Waals surface area (Å²) in [5.41, 5.74) is 3.26. The lowest BCUT2D eigenvalue weighted by molar-refractivity contribution is -0.123.